The van der Waals surface area contributed by atoms with Gasteiger partial charge < -0.3 is 10.2 Å². The van der Waals surface area contributed by atoms with E-state index in [4.69, 9.17) is 0 Å². The zero-order valence-electron chi connectivity index (χ0n) is 11.6. The van der Waals surface area contributed by atoms with Gasteiger partial charge in [-0.2, -0.15) is 0 Å². The standard InChI is InChI=1S/C16H24O2/c1-11-4-9-14(15(18)10-11)16(2,3)12-5-7-13(17)8-6-12/h5-8,11,14-15,17-18H,4,9-10H2,1-3H3/t11-,14-,15-/m1/s1. The summed E-state index contributed by atoms with van der Waals surface area (Å²) >= 11 is 0. The Balaban J connectivity index is 2.22. The second-order valence-corrected chi connectivity index (χ2v) is 6.36. The van der Waals surface area contributed by atoms with E-state index in [0.717, 1.165) is 12.8 Å². The first kappa shape index (κ1) is 13.4. The monoisotopic (exact) mass is 248 g/mol. The minimum absolute atomic E-state index is 0.0484. The Hall–Kier alpha value is -1.02. The van der Waals surface area contributed by atoms with E-state index < -0.39 is 0 Å². The van der Waals surface area contributed by atoms with Gasteiger partial charge in [0.05, 0.1) is 6.10 Å². The predicted molar refractivity (Wildman–Crippen MR) is 73.6 cm³/mol. The van der Waals surface area contributed by atoms with Gasteiger partial charge in [-0.25, -0.2) is 0 Å². The van der Waals surface area contributed by atoms with Gasteiger partial charge in [-0.05, 0) is 47.8 Å². The van der Waals surface area contributed by atoms with Crippen LogP contribution in [0.1, 0.15) is 45.6 Å². The molecule has 1 aliphatic rings. The zero-order chi connectivity index (χ0) is 13.3. The average molecular weight is 248 g/mol. The maximum atomic E-state index is 10.3. The van der Waals surface area contributed by atoms with Crippen LogP contribution in [-0.2, 0) is 5.41 Å². The number of hydrogen-bond donors (Lipinski definition) is 2. The molecule has 0 heterocycles. The topological polar surface area (TPSA) is 40.5 Å². The van der Waals surface area contributed by atoms with Gasteiger partial charge >= 0.3 is 0 Å². The Labute approximate surface area is 110 Å². The van der Waals surface area contributed by atoms with Gasteiger partial charge in [0.25, 0.3) is 0 Å². The van der Waals surface area contributed by atoms with E-state index in [2.05, 4.69) is 20.8 Å². The van der Waals surface area contributed by atoms with Crippen LogP contribution < -0.4 is 0 Å². The molecule has 0 aliphatic heterocycles. The van der Waals surface area contributed by atoms with Crippen molar-refractivity contribution in [2.24, 2.45) is 11.8 Å². The molecule has 2 heteroatoms. The van der Waals surface area contributed by atoms with Gasteiger partial charge in [0.2, 0.25) is 0 Å². The van der Waals surface area contributed by atoms with E-state index in [-0.39, 0.29) is 11.5 Å². The third kappa shape index (κ3) is 2.54. The number of hydrogen-bond acceptors (Lipinski definition) is 2. The van der Waals surface area contributed by atoms with Crippen molar-refractivity contribution in [1.82, 2.24) is 0 Å². The maximum absolute atomic E-state index is 10.3. The van der Waals surface area contributed by atoms with Crippen molar-refractivity contribution in [3.63, 3.8) is 0 Å². The largest absolute Gasteiger partial charge is 0.508 e. The van der Waals surface area contributed by atoms with Crippen LogP contribution in [-0.4, -0.2) is 16.3 Å². The number of aliphatic hydroxyl groups excluding tert-OH is 1. The highest BCUT2D eigenvalue weighted by Crippen LogP contribution is 2.42. The molecular formula is C16H24O2. The molecule has 1 aliphatic carbocycles. The number of aliphatic hydroxyl groups is 1. The van der Waals surface area contributed by atoms with E-state index in [1.165, 1.54) is 12.0 Å². The molecule has 1 aromatic rings. The molecule has 100 valence electrons. The fourth-order valence-corrected chi connectivity index (χ4v) is 3.30. The van der Waals surface area contributed by atoms with E-state index in [9.17, 15) is 10.2 Å². The summed E-state index contributed by atoms with van der Waals surface area (Å²) in [4.78, 5) is 0. The van der Waals surface area contributed by atoms with Crippen LogP contribution in [0.15, 0.2) is 24.3 Å². The SMILES string of the molecule is C[C@@H]1CC[C@@H](C(C)(C)c2ccc(O)cc2)[C@H](O)C1. The summed E-state index contributed by atoms with van der Waals surface area (Å²) < 4.78 is 0. The second-order valence-electron chi connectivity index (χ2n) is 6.36. The van der Waals surface area contributed by atoms with Gasteiger partial charge in [0.1, 0.15) is 5.75 Å². The maximum Gasteiger partial charge on any atom is 0.115 e. The van der Waals surface area contributed by atoms with Crippen LogP contribution in [0.3, 0.4) is 0 Å². The van der Waals surface area contributed by atoms with Crippen molar-refractivity contribution in [3.8, 4) is 5.75 Å². The summed E-state index contributed by atoms with van der Waals surface area (Å²) in [5, 5.41) is 19.7. The smallest absolute Gasteiger partial charge is 0.115 e. The fraction of sp³-hybridized carbons (Fsp3) is 0.625. The van der Waals surface area contributed by atoms with Gasteiger partial charge in [-0.3, -0.25) is 0 Å². The average Bonchev–Trinajstić information content (AvgIpc) is 2.29. The van der Waals surface area contributed by atoms with Crippen LogP contribution in [0.25, 0.3) is 0 Å². The molecule has 2 N–H and O–H groups in total. The fourth-order valence-electron chi connectivity index (χ4n) is 3.30. The van der Waals surface area contributed by atoms with Crippen molar-refractivity contribution in [2.45, 2.75) is 51.6 Å². The van der Waals surface area contributed by atoms with Gasteiger partial charge in [-0.1, -0.05) is 39.3 Å². The van der Waals surface area contributed by atoms with Crippen molar-refractivity contribution >= 4 is 0 Å². The highest BCUT2D eigenvalue weighted by Gasteiger charge is 2.39. The van der Waals surface area contributed by atoms with Gasteiger partial charge in [0.15, 0.2) is 0 Å². The van der Waals surface area contributed by atoms with Crippen molar-refractivity contribution in [1.29, 1.82) is 0 Å². The molecule has 0 spiro atoms. The van der Waals surface area contributed by atoms with E-state index in [1.807, 2.05) is 12.1 Å². The lowest BCUT2D eigenvalue weighted by Crippen LogP contribution is -2.41. The third-order valence-electron chi connectivity index (χ3n) is 4.62. The molecular weight excluding hydrogens is 224 g/mol. The molecule has 1 aromatic carbocycles. The molecule has 18 heavy (non-hydrogen) atoms. The lowest BCUT2D eigenvalue weighted by atomic mass is 9.64. The molecule has 1 fully saturated rings. The lowest BCUT2D eigenvalue weighted by Gasteiger charge is -2.42. The summed E-state index contributed by atoms with van der Waals surface area (Å²) in [6.45, 7) is 6.61. The Morgan fingerprint density at radius 3 is 2.28 bits per heavy atom. The van der Waals surface area contributed by atoms with Crippen LogP contribution in [0.5, 0.6) is 5.75 Å². The number of benzene rings is 1. The van der Waals surface area contributed by atoms with E-state index in [0.29, 0.717) is 17.6 Å². The highest BCUT2D eigenvalue weighted by atomic mass is 16.3. The first-order valence-electron chi connectivity index (χ1n) is 6.89. The third-order valence-corrected chi connectivity index (χ3v) is 4.62. The first-order chi connectivity index (χ1) is 8.41. The van der Waals surface area contributed by atoms with Crippen LogP contribution >= 0.6 is 0 Å². The van der Waals surface area contributed by atoms with Gasteiger partial charge in [0, 0.05) is 0 Å². The Bertz CT molecular complexity index is 394. The van der Waals surface area contributed by atoms with Crippen molar-refractivity contribution < 1.29 is 10.2 Å². The molecule has 0 radical (unpaired) electrons. The minimum Gasteiger partial charge on any atom is -0.508 e. The number of phenolic OH excluding ortho intramolecular Hbond substituents is 1. The summed E-state index contributed by atoms with van der Waals surface area (Å²) in [5.74, 6) is 1.23. The summed E-state index contributed by atoms with van der Waals surface area (Å²) in [5.41, 5.74) is 1.15. The van der Waals surface area contributed by atoms with Crippen molar-refractivity contribution in [2.75, 3.05) is 0 Å². The number of aromatic hydroxyl groups is 1. The molecule has 0 unspecified atom stereocenters. The normalized spacial score (nSPS) is 29.2. The summed E-state index contributed by atoms with van der Waals surface area (Å²) in [6.07, 6.45) is 2.98. The van der Waals surface area contributed by atoms with Gasteiger partial charge in [-0.15, -0.1) is 0 Å². The lowest BCUT2D eigenvalue weighted by molar-refractivity contribution is 0.0143. The molecule has 0 bridgehead atoms. The van der Waals surface area contributed by atoms with Crippen LogP contribution in [0.2, 0.25) is 0 Å². The van der Waals surface area contributed by atoms with Crippen LogP contribution in [0, 0.1) is 11.8 Å². The molecule has 2 nitrogen and oxygen atoms in total. The summed E-state index contributed by atoms with van der Waals surface area (Å²) in [7, 11) is 0. The van der Waals surface area contributed by atoms with Crippen molar-refractivity contribution in [3.05, 3.63) is 29.8 Å². The molecule has 0 saturated heterocycles. The Kier molecular flexibility index (Phi) is 3.67. The number of phenols is 1. The zero-order valence-corrected chi connectivity index (χ0v) is 11.6. The molecule has 3 atom stereocenters. The van der Waals surface area contributed by atoms with Crippen LogP contribution in [0.4, 0.5) is 0 Å². The highest BCUT2D eigenvalue weighted by molar-refractivity contribution is 5.31. The Morgan fingerprint density at radius 1 is 1.11 bits per heavy atom. The molecule has 1 saturated carbocycles. The molecule has 2 rings (SSSR count). The molecule has 0 aromatic heterocycles. The second kappa shape index (κ2) is 4.93. The van der Waals surface area contributed by atoms with E-state index >= 15 is 0 Å². The number of rotatable bonds is 2. The first-order valence-corrected chi connectivity index (χ1v) is 6.89. The Morgan fingerprint density at radius 2 is 1.72 bits per heavy atom. The minimum atomic E-state index is -0.211. The predicted octanol–water partition coefficient (Wildman–Crippen LogP) is 3.47. The summed E-state index contributed by atoms with van der Waals surface area (Å²) in [6, 6.07) is 7.41. The quantitative estimate of drug-likeness (QED) is 0.841. The van der Waals surface area contributed by atoms with E-state index in [1.54, 1.807) is 12.1 Å². The molecule has 0 amide bonds.